The standard InChI is InChI=1S/C16H13FN2O4S/c1-23-15-7-6-11(8-12(15)17)14(20)9-19-10-18-13-4-2-3-5-16(13)24(19,21)22/h2-8,10H,9H2,1H3. The summed E-state index contributed by atoms with van der Waals surface area (Å²) in [7, 11) is -2.55. The number of carbonyl (C=O) groups excluding carboxylic acids is 1. The van der Waals surface area contributed by atoms with E-state index >= 15 is 0 Å². The molecule has 1 aliphatic rings. The number of benzene rings is 2. The number of fused-ring (bicyclic) bond motifs is 1. The highest BCUT2D eigenvalue weighted by Crippen LogP contribution is 2.30. The van der Waals surface area contributed by atoms with Crippen molar-refractivity contribution in [3.05, 3.63) is 53.8 Å². The highest BCUT2D eigenvalue weighted by molar-refractivity contribution is 7.89. The molecule has 6 nitrogen and oxygen atoms in total. The first-order chi connectivity index (χ1) is 11.4. The summed E-state index contributed by atoms with van der Waals surface area (Å²) in [4.78, 5) is 16.4. The quantitative estimate of drug-likeness (QED) is 0.795. The second-order valence-electron chi connectivity index (χ2n) is 5.04. The van der Waals surface area contributed by atoms with Crippen molar-refractivity contribution in [3.8, 4) is 5.75 Å². The Balaban J connectivity index is 1.87. The number of hydrogen-bond donors (Lipinski definition) is 0. The molecule has 0 fully saturated rings. The van der Waals surface area contributed by atoms with E-state index in [1.54, 1.807) is 18.2 Å². The molecule has 0 amide bonds. The van der Waals surface area contributed by atoms with Gasteiger partial charge in [0.1, 0.15) is 11.2 Å². The normalized spacial score (nSPS) is 15.0. The molecule has 0 bridgehead atoms. The Labute approximate surface area is 138 Å². The predicted molar refractivity (Wildman–Crippen MR) is 85.8 cm³/mol. The summed E-state index contributed by atoms with van der Waals surface area (Å²) < 4.78 is 44.4. The highest BCUT2D eigenvalue weighted by atomic mass is 32.2. The van der Waals surface area contributed by atoms with Crippen LogP contribution in [-0.2, 0) is 10.0 Å². The number of sulfonamides is 1. The Morgan fingerprint density at radius 2 is 2.00 bits per heavy atom. The van der Waals surface area contributed by atoms with Gasteiger partial charge in [-0.15, -0.1) is 0 Å². The van der Waals surface area contributed by atoms with Gasteiger partial charge in [0.15, 0.2) is 17.3 Å². The molecule has 0 radical (unpaired) electrons. The van der Waals surface area contributed by atoms with Gasteiger partial charge in [-0.3, -0.25) is 4.79 Å². The van der Waals surface area contributed by atoms with Gasteiger partial charge in [-0.05, 0) is 30.3 Å². The van der Waals surface area contributed by atoms with Crippen LogP contribution in [0, 0.1) is 5.82 Å². The molecule has 0 unspecified atom stereocenters. The van der Waals surface area contributed by atoms with Gasteiger partial charge in [0.25, 0.3) is 10.0 Å². The molecule has 0 aliphatic carbocycles. The molecule has 124 valence electrons. The summed E-state index contributed by atoms with van der Waals surface area (Å²) in [6.07, 6.45) is 1.09. The molecule has 24 heavy (non-hydrogen) atoms. The molecule has 0 aromatic heterocycles. The van der Waals surface area contributed by atoms with Crippen molar-refractivity contribution in [2.45, 2.75) is 4.90 Å². The van der Waals surface area contributed by atoms with Gasteiger partial charge in [-0.2, -0.15) is 0 Å². The number of ketones is 1. The van der Waals surface area contributed by atoms with Crippen LogP contribution in [0.2, 0.25) is 0 Å². The van der Waals surface area contributed by atoms with Crippen LogP contribution in [-0.4, -0.2) is 38.5 Å². The van der Waals surface area contributed by atoms with E-state index < -0.39 is 28.2 Å². The minimum absolute atomic E-state index is 0.00707. The molecule has 2 aromatic rings. The summed E-state index contributed by atoms with van der Waals surface area (Å²) in [5, 5.41) is 0. The van der Waals surface area contributed by atoms with Crippen LogP contribution in [0.25, 0.3) is 0 Å². The van der Waals surface area contributed by atoms with Crippen molar-refractivity contribution in [3.63, 3.8) is 0 Å². The Hall–Kier alpha value is -2.74. The van der Waals surface area contributed by atoms with Gasteiger partial charge in [-0.25, -0.2) is 22.1 Å². The van der Waals surface area contributed by atoms with Crippen molar-refractivity contribution in [2.75, 3.05) is 13.7 Å². The van der Waals surface area contributed by atoms with E-state index in [0.717, 1.165) is 16.7 Å². The summed E-state index contributed by atoms with van der Waals surface area (Å²) >= 11 is 0. The van der Waals surface area contributed by atoms with E-state index in [-0.39, 0.29) is 16.2 Å². The molecule has 0 spiro atoms. The molecule has 0 saturated carbocycles. The second-order valence-corrected chi connectivity index (χ2v) is 6.89. The highest BCUT2D eigenvalue weighted by Gasteiger charge is 2.30. The molecule has 0 saturated heterocycles. The summed E-state index contributed by atoms with van der Waals surface area (Å²) in [6, 6.07) is 9.96. The number of para-hydroxylation sites is 1. The topological polar surface area (TPSA) is 76.0 Å². The number of halogens is 1. The Morgan fingerprint density at radius 3 is 2.71 bits per heavy atom. The smallest absolute Gasteiger partial charge is 0.267 e. The molecule has 1 heterocycles. The van der Waals surface area contributed by atoms with Crippen LogP contribution in [0.15, 0.2) is 52.4 Å². The first-order valence-corrected chi connectivity index (χ1v) is 8.39. The first kappa shape index (κ1) is 16.1. The van der Waals surface area contributed by atoms with E-state index in [0.29, 0.717) is 5.69 Å². The molecule has 0 atom stereocenters. The maximum atomic E-state index is 13.7. The summed E-state index contributed by atoms with van der Waals surface area (Å²) in [5.74, 6) is -1.23. The van der Waals surface area contributed by atoms with Gasteiger partial charge in [-0.1, -0.05) is 12.1 Å². The predicted octanol–water partition coefficient (Wildman–Crippen LogP) is 2.38. The number of rotatable bonds is 4. The minimum Gasteiger partial charge on any atom is -0.494 e. The third-order valence-electron chi connectivity index (χ3n) is 3.55. The molecule has 0 N–H and O–H groups in total. The fraction of sp³-hybridized carbons (Fsp3) is 0.125. The minimum atomic E-state index is -3.86. The third kappa shape index (κ3) is 2.76. The van der Waals surface area contributed by atoms with Crippen molar-refractivity contribution in [1.29, 1.82) is 0 Å². The largest absolute Gasteiger partial charge is 0.494 e. The summed E-state index contributed by atoms with van der Waals surface area (Å²) in [6.45, 7) is -0.466. The summed E-state index contributed by atoms with van der Waals surface area (Å²) in [5.41, 5.74) is 0.368. The molecular weight excluding hydrogens is 335 g/mol. The molecule has 1 aliphatic heterocycles. The average molecular weight is 348 g/mol. The van der Waals surface area contributed by atoms with Gasteiger partial charge < -0.3 is 4.74 Å². The van der Waals surface area contributed by atoms with Crippen LogP contribution in [0.3, 0.4) is 0 Å². The molecule has 8 heteroatoms. The zero-order valence-corrected chi connectivity index (χ0v) is 13.5. The lowest BCUT2D eigenvalue weighted by Gasteiger charge is -2.23. The van der Waals surface area contributed by atoms with Crippen molar-refractivity contribution in [2.24, 2.45) is 4.99 Å². The number of ether oxygens (including phenoxy) is 1. The third-order valence-corrected chi connectivity index (χ3v) is 5.29. The van der Waals surface area contributed by atoms with E-state index in [1.807, 2.05) is 0 Å². The van der Waals surface area contributed by atoms with Crippen molar-refractivity contribution < 1.29 is 22.3 Å². The first-order valence-electron chi connectivity index (χ1n) is 6.95. The van der Waals surface area contributed by atoms with Crippen LogP contribution in [0.1, 0.15) is 10.4 Å². The maximum Gasteiger partial charge on any atom is 0.267 e. The van der Waals surface area contributed by atoms with Crippen LogP contribution in [0.5, 0.6) is 5.75 Å². The molecular formula is C16H13FN2O4S. The van der Waals surface area contributed by atoms with Crippen LogP contribution >= 0.6 is 0 Å². The lowest BCUT2D eigenvalue weighted by Crippen LogP contribution is -2.36. The number of hydrogen-bond acceptors (Lipinski definition) is 5. The Kier molecular flexibility index (Phi) is 4.06. The van der Waals surface area contributed by atoms with Crippen molar-refractivity contribution in [1.82, 2.24) is 4.31 Å². The number of Topliss-reactive ketones (excluding diaryl/α,β-unsaturated/α-hetero) is 1. The maximum absolute atomic E-state index is 13.7. The van der Waals surface area contributed by atoms with Crippen LogP contribution < -0.4 is 4.74 Å². The number of carbonyl (C=O) groups is 1. The second kappa shape index (κ2) is 6.04. The van der Waals surface area contributed by atoms with E-state index in [9.17, 15) is 17.6 Å². The van der Waals surface area contributed by atoms with Gasteiger partial charge in [0.2, 0.25) is 0 Å². The van der Waals surface area contributed by atoms with Gasteiger partial charge in [0.05, 0.1) is 19.3 Å². The zero-order valence-electron chi connectivity index (χ0n) is 12.6. The lowest BCUT2D eigenvalue weighted by atomic mass is 10.1. The van der Waals surface area contributed by atoms with Gasteiger partial charge >= 0.3 is 0 Å². The Bertz CT molecular complexity index is 941. The lowest BCUT2D eigenvalue weighted by molar-refractivity contribution is 0.0980. The fourth-order valence-corrected chi connectivity index (χ4v) is 3.64. The van der Waals surface area contributed by atoms with Crippen LogP contribution in [0.4, 0.5) is 10.1 Å². The fourth-order valence-electron chi connectivity index (χ4n) is 2.30. The SMILES string of the molecule is COc1ccc(C(=O)CN2C=Nc3ccccc3S2(=O)=O)cc1F. The zero-order chi connectivity index (χ0) is 17.3. The molecule has 2 aromatic carbocycles. The van der Waals surface area contributed by atoms with E-state index in [2.05, 4.69) is 4.99 Å². The Morgan fingerprint density at radius 1 is 1.25 bits per heavy atom. The number of methoxy groups -OCH3 is 1. The average Bonchev–Trinajstić information content (AvgIpc) is 2.57. The monoisotopic (exact) mass is 348 g/mol. The van der Waals surface area contributed by atoms with Crippen molar-refractivity contribution >= 4 is 27.8 Å². The van der Waals surface area contributed by atoms with E-state index in [1.165, 1.54) is 25.3 Å². The van der Waals surface area contributed by atoms with Gasteiger partial charge in [0, 0.05) is 5.56 Å². The number of aliphatic imine (C=N–C) groups is 1. The van der Waals surface area contributed by atoms with E-state index in [4.69, 9.17) is 4.74 Å². The number of nitrogens with zero attached hydrogens (tertiary/aromatic N) is 2. The molecule has 3 rings (SSSR count).